The predicted molar refractivity (Wildman–Crippen MR) is 77.5 cm³/mol. The third kappa shape index (κ3) is 2.83. The van der Waals surface area contributed by atoms with E-state index in [2.05, 4.69) is 29.4 Å². The highest BCUT2D eigenvalue weighted by Gasteiger charge is 2.16. The van der Waals surface area contributed by atoms with Crippen LogP contribution in [0.2, 0.25) is 10.0 Å². The van der Waals surface area contributed by atoms with Crippen LogP contribution in [0.4, 0.5) is 0 Å². The zero-order chi connectivity index (χ0) is 13.1. The van der Waals surface area contributed by atoms with Crippen molar-refractivity contribution < 1.29 is 0 Å². The first kappa shape index (κ1) is 13.7. The van der Waals surface area contributed by atoms with Crippen LogP contribution >= 0.6 is 34.5 Å². The molecule has 3 nitrogen and oxygen atoms in total. The van der Waals surface area contributed by atoms with E-state index in [0.29, 0.717) is 10.0 Å². The number of hydrogen-bond acceptors (Lipinski definition) is 4. The first-order chi connectivity index (χ1) is 8.63. The average Bonchev–Trinajstić information content (AvgIpc) is 2.78. The SMILES string of the molecule is CCNC(C)c1nnc(-c2c(Cl)cccc2Cl)s1. The van der Waals surface area contributed by atoms with Crippen molar-refractivity contribution in [1.29, 1.82) is 0 Å². The van der Waals surface area contributed by atoms with Gasteiger partial charge in [0.1, 0.15) is 5.01 Å². The lowest BCUT2D eigenvalue weighted by Crippen LogP contribution is -2.17. The summed E-state index contributed by atoms with van der Waals surface area (Å²) in [6.45, 7) is 5.01. The Bertz CT molecular complexity index is 522. The topological polar surface area (TPSA) is 37.8 Å². The van der Waals surface area contributed by atoms with Crippen LogP contribution in [0.3, 0.4) is 0 Å². The molecule has 1 N–H and O–H groups in total. The van der Waals surface area contributed by atoms with E-state index >= 15 is 0 Å². The van der Waals surface area contributed by atoms with Crippen molar-refractivity contribution in [3.05, 3.63) is 33.3 Å². The minimum Gasteiger partial charge on any atom is -0.308 e. The number of rotatable bonds is 4. The normalized spacial score (nSPS) is 12.7. The Morgan fingerprint density at radius 2 is 1.94 bits per heavy atom. The van der Waals surface area contributed by atoms with Gasteiger partial charge in [-0.15, -0.1) is 10.2 Å². The summed E-state index contributed by atoms with van der Waals surface area (Å²) in [4.78, 5) is 0. The number of aromatic nitrogens is 2. The molecule has 1 atom stereocenters. The van der Waals surface area contributed by atoms with Crippen molar-refractivity contribution in [2.45, 2.75) is 19.9 Å². The van der Waals surface area contributed by atoms with E-state index in [0.717, 1.165) is 22.1 Å². The van der Waals surface area contributed by atoms with Crippen molar-refractivity contribution in [1.82, 2.24) is 15.5 Å². The van der Waals surface area contributed by atoms with Crippen LogP contribution < -0.4 is 5.32 Å². The number of benzene rings is 1. The summed E-state index contributed by atoms with van der Waals surface area (Å²) in [7, 11) is 0. The van der Waals surface area contributed by atoms with Gasteiger partial charge in [0.25, 0.3) is 0 Å². The Morgan fingerprint density at radius 1 is 1.28 bits per heavy atom. The first-order valence-corrected chi connectivity index (χ1v) is 7.22. The fourth-order valence-electron chi connectivity index (χ4n) is 1.61. The molecule has 0 aliphatic carbocycles. The molecule has 0 radical (unpaired) electrons. The van der Waals surface area contributed by atoms with Crippen LogP contribution in [0.1, 0.15) is 24.9 Å². The molecular formula is C12H13Cl2N3S. The van der Waals surface area contributed by atoms with Gasteiger partial charge in [0.05, 0.1) is 16.1 Å². The quantitative estimate of drug-likeness (QED) is 0.920. The van der Waals surface area contributed by atoms with Crippen LogP contribution in [-0.4, -0.2) is 16.7 Å². The van der Waals surface area contributed by atoms with Gasteiger partial charge >= 0.3 is 0 Å². The largest absolute Gasteiger partial charge is 0.308 e. The Balaban J connectivity index is 2.35. The van der Waals surface area contributed by atoms with Gasteiger partial charge in [-0.05, 0) is 25.6 Å². The third-order valence-electron chi connectivity index (χ3n) is 2.50. The lowest BCUT2D eigenvalue weighted by molar-refractivity contribution is 0.590. The molecule has 1 unspecified atom stereocenters. The molecule has 1 heterocycles. The second-order valence-electron chi connectivity index (χ2n) is 3.82. The van der Waals surface area contributed by atoms with E-state index in [1.165, 1.54) is 11.3 Å². The molecule has 1 aromatic carbocycles. The van der Waals surface area contributed by atoms with Crippen LogP contribution in [0.15, 0.2) is 18.2 Å². The Hall–Kier alpha value is -0.680. The molecule has 0 fully saturated rings. The summed E-state index contributed by atoms with van der Waals surface area (Å²) in [5.41, 5.74) is 0.758. The lowest BCUT2D eigenvalue weighted by atomic mass is 10.2. The van der Waals surface area contributed by atoms with E-state index in [9.17, 15) is 0 Å². The second-order valence-corrected chi connectivity index (χ2v) is 5.64. The van der Waals surface area contributed by atoms with Crippen molar-refractivity contribution in [2.24, 2.45) is 0 Å². The van der Waals surface area contributed by atoms with Gasteiger partial charge < -0.3 is 5.32 Å². The summed E-state index contributed by atoms with van der Waals surface area (Å²) in [6, 6.07) is 5.61. The minimum atomic E-state index is 0.183. The Labute approximate surface area is 120 Å². The average molecular weight is 302 g/mol. The van der Waals surface area contributed by atoms with Gasteiger partial charge in [-0.25, -0.2) is 0 Å². The maximum Gasteiger partial charge on any atom is 0.150 e. The highest BCUT2D eigenvalue weighted by Crippen LogP contribution is 2.36. The van der Waals surface area contributed by atoms with Crippen LogP contribution in [-0.2, 0) is 0 Å². The molecule has 0 saturated heterocycles. The monoisotopic (exact) mass is 301 g/mol. The maximum atomic E-state index is 6.15. The molecule has 0 aliphatic heterocycles. The predicted octanol–water partition coefficient (Wildman–Crippen LogP) is 4.18. The van der Waals surface area contributed by atoms with E-state index in [1.54, 1.807) is 12.1 Å². The fourth-order valence-corrected chi connectivity index (χ4v) is 3.24. The summed E-state index contributed by atoms with van der Waals surface area (Å²) in [5, 5.41) is 14.5. The number of nitrogens with zero attached hydrogens (tertiary/aromatic N) is 2. The number of halogens is 2. The highest BCUT2D eigenvalue weighted by atomic mass is 35.5. The summed E-state index contributed by atoms with van der Waals surface area (Å²) in [6.07, 6.45) is 0. The van der Waals surface area contributed by atoms with E-state index in [4.69, 9.17) is 23.2 Å². The molecule has 96 valence electrons. The van der Waals surface area contributed by atoms with Crippen molar-refractivity contribution >= 4 is 34.5 Å². The van der Waals surface area contributed by atoms with Crippen LogP contribution in [0, 0.1) is 0 Å². The summed E-state index contributed by atoms with van der Waals surface area (Å²) >= 11 is 13.8. The van der Waals surface area contributed by atoms with Crippen LogP contribution in [0.25, 0.3) is 10.6 Å². The van der Waals surface area contributed by atoms with Gasteiger partial charge in [-0.1, -0.05) is 47.5 Å². The van der Waals surface area contributed by atoms with E-state index < -0.39 is 0 Å². The number of hydrogen-bond donors (Lipinski definition) is 1. The van der Waals surface area contributed by atoms with Crippen molar-refractivity contribution in [2.75, 3.05) is 6.54 Å². The van der Waals surface area contributed by atoms with Gasteiger partial charge in [0.15, 0.2) is 5.01 Å². The van der Waals surface area contributed by atoms with E-state index in [1.807, 2.05) is 6.07 Å². The molecule has 0 aliphatic rings. The standard InChI is InChI=1S/C12H13Cl2N3S/c1-3-15-7(2)11-16-17-12(18-11)10-8(13)5-4-6-9(10)14/h4-7,15H,3H2,1-2H3. The third-order valence-corrected chi connectivity index (χ3v) is 4.25. The Morgan fingerprint density at radius 3 is 2.56 bits per heavy atom. The molecule has 18 heavy (non-hydrogen) atoms. The molecule has 0 spiro atoms. The first-order valence-electron chi connectivity index (χ1n) is 5.64. The van der Waals surface area contributed by atoms with Crippen molar-refractivity contribution in [3.63, 3.8) is 0 Å². The molecule has 6 heteroatoms. The molecule has 0 saturated carbocycles. The fraction of sp³-hybridized carbons (Fsp3) is 0.333. The van der Waals surface area contributed by atoms with Gasteiger partial charge in [-0.3, -0.25) is 0 Å². The molecule has 0 bridgehead atoms. The molecule has 2 rings (SSSR count). The molecule has 1 aromatic heterocycles. The highest BCUT2D eigenvalue weighted by molar-refractivity contribution is 7.14. The number of nitrogens with one attached hydrogen (secondary N) is 1. The zero-order valence-electron chi connectivity index (χ0n) is 10.1. The maximum absolute atomic E-state index is 6.15. The molecule has 0 amide bonds. The van der Waals surface area contributed by atoms with Crippen LogP contribution in [0.5, 0.6) is 0 Å². The molecule has 2 aromatic rings. The van der Waals surface area contributed by atoms with E-state index in [-0.39, 0.29) is 6.04 Å². The van der Waals surface area contributed by atoms with Gasteiger partial charge in [-0.2, -0.15) is 0 Å². The lowest BCUT2D eigenvalue weighted by Gasteiger charge is -2.06. The summed E-state index contributed by atoms with van der Waals surface area (Å²) < 4.78 is 0. The Kier molecular flexibility index (Phi) is 4.56. The van der Waals surface area contributed by atoms with Crippen molar-refractivity contribution in [3.8, 4) is 10.6 Å². The van der Waals surface area contributed by atoms with Gasteiger partial charge in [0, 0.05) is 5.56 Å². The molecular weight excluding hydrogens is 289 g/mol. The summed E-state index contributed by atoms with van der Waals surface area (Å²) in [5.74, 6) is 0. The minimum absolute atomic E-state index is 0.183. The smallest absolute Gasteiger partial charge is 0.150 e. The zero-order valence-corrected chi connectivity index (χ0v) is 12.4. The van der Waals surface area contributed by atoms with Gasteiger partial charge in [0.2, 0.25) is 0 Å². The second kappa shape index (κ2) is 5.97.